The molecule has 0 aromatic heterocycles. The molecule has 2 saturated heterocycles. The fourth-order valence-corrected chi connectivity index (χ4v) is 3.83. The van der Waals surface area contributed by atoms with Crippen LogP contribution in [0.3, 0.4) is 0 Å². The van der Waals surface area contributed by atoms with Gasteiger partial charge in [0.1, 0.15) is 5.75 Å². The maximum absolute atomic E-state index is 12.6. The summed E-state index contributed by atoms with van der Waals surface area (Å²) < 4.78 is 5.49. The van der Waals surface area contributed by atoms with Crippen molar-refractivity contribution < 1.29 is 9.53 Å². The lowest BCUT2D eigenvalue weighted by molar-refractivity contribution is -0.138. The minimum atomic E-state index is 0.250. The molecule has 0 N–H and O–H groups in total. The first-order chi connectivity index (χ1) is 11.8. The number of carbonyl (C=O) groups excluding carboxylic acids is 1. The second-order valence-electron chi connectivity index (χ2n) is 7.01. The molecular weight excluding hydrogens is 300 g/mol. The number of likely N-dealkylation sites (tertiary alicyclic amines) is 2. The number of piperidine rings is 2. The summed E-state index contributed by atoms with van der Waals surface area (Å²) in [7, 11) is 0. The van der Waals surface area contributed by atoms with E-state index in [-0.39, 0.29) is 5.92 Å². The number of hydrogen-bond acceptors (Lipinski definition) is 3. The molecule has 3 rings (SSSR count). The van der Waals surface area contributed by atoms with E-state index in [9.17, 15) is 4.79 Å². The van der Waals surface area contributed by atoms with Crippen LogP contribution in [-0.4, -0.2) is 48.5 Å². The molecule has 2 aliphatic rings. The summed E-state index contributed by atoms with van der Waals surface area (Å²) in [6.45, 7) is 7.68. The topological polar surface area (TPSA) is 32.8 Å². The largest absolute Gasteiger partial charge is 0.494 e. The zero-order valence-corrected chi connectivity index (χ0v) is 14.9. The number of benzene rings is 1. The summed E-state index contributed by atoms with van der Waals surface area (Å²) in [6, 6.07) is 8.39. The van der Waals surface area contributed by atoms with Crippen molar-refractivity contribution in [3.8, 4) is 5.75 Å². The molecule has 4 heteroatoms. The third kappa shape index (κ3) is 4.50. The Morgan fingerprint density at radius 1 is 1.04 bits per heavy atom. The second-order valence-corrected chi connectivity index (χ2v) is 7.01. The zero-order valence-electron chi connectivity index (χ0n) is 14.9. The highest BCUT2D eigenvalue weighted by Gasteiger charge is 2.29. The van der Waals surface area contributed by atoms with Gasteiger partial charge in [0.15, 0.2) is 0 Å². The molecule has 132 valence electrons. The summed E-state index contributed by atoms with van der Waals surface area (Å²) >= 11 is 0. The Morgan fingerprint density at radius 3 is 2.33 bits per heavy atom. The molecule has 0 aliphatic carbocycles. The number of amides is 1. The quantitative estimate of drug-likeness (QED) is 0.830. The molecule has 2 aliphatic heterocycles. The summed E-state index contributed by atoms with van der Waals surface area (Å²) in [4.78, 5) is 17.2. The van der Waals surface area contributed by atoms with Crippen LogP contribution in [0.5, 0.6) is 5.75 Å². The van der Waals surface area contributed by atoms with Crippen LogP contribution in [0.1, 0.15) is 44.6 Å². The van der Waals surface area contributed by atoms with Crippen LogP contribution in [0.15, 0.2) is 24.3 Å². The normalized spacial score (nSPS) is 20.1. The minimum absolute atomic E-state index is 0.250. The van der Waals surface area contributed by atoms with E-state index in [0.29, 0.717) is 12.5 Å². The van der Waals surface area contributed by atoms with Crippen molar-refractivity contribution in [3.05, 3.63) is 29.8 Å². The molecule has 1 aromatic rings. The number of carbonyl (C=O) groups is 1. The van der Waals surface area contributed by atoms with Gasteiger partial charge in [0.2, 0.25) is 5.91 Å². The van der Waals surface area contributed by atoms with Gasteiger partial charge in [-0.05, 0) is 69.8 Å². The summed E-state index contributed by atoms with van der Waals surface area (Å²) in [5.74, 6) is 1.60. The third-order valence-electron chi connectivity index (χ3n) is 5.25. The lowest BCUT2D eigenvalue weighted by Gasteiger charge is -2.35. The molecule has 0 radical (unpaired) electrons. The van der Waals surface area contributed by atoms with Gasteiger partial charge < -0.3 is 9.64 Å². The van der Waals surface area contributed by atoms with Gasteiger partial charge in [-0.25, -0.2) is 0 Å². The van der Waals surface area contributed by atoms with Crippen molar-refractivity contribution in [2.45, 2.75) is 45.6 Å². The average molecular weight is 330 g/mol. The van der Waals surface area contributed by atoms with Crippen LogP contribution in [0, 0.1) is 5.92 Å². The van der Waals surface area contributed by atoms with Gasteiger partial charge in [-0.15, -0.1) is 0 Å². The number of hydrogen-bond donors (Lipinski definition) is 0. The molecule has 0 saturated carbocycles. The lowest BCUT2D eigenvalue weighted by atomic mass is 9.94. The molecule has 0 atom stereocenters. The number of ether oxygens (including phenoxy) is 1. The molecule has 24 heavy (non-hydrogen) atoms. The number of rotatable bonds is 5. The lowest BCUT2D eigenvalue weighted by Crippen LogP contribution is -2.44. The summed E-state index contributed by atoms with van der Waals surface area (Å²) in [5.41, 5.74) is 1.32. The fraction of sp³-hybridized carbons (Fsp3) is 0.650. The average Bonchev–Trinajstić information content (AvgIpc) is 2.64. The van der Waals surface area contributed by atoms with Gasteiger partial charge in [-0.3, -0.25) is 9.69 Å². The summed E-state index contributed by atoms with van der Waals surface area (Å²) in [6.07, 6.45) is 5.66. The Labute approximate surface area is 145 Å². The Morgan fingerprint density at radius 2 is 1.71 bits per heavy atom. The van der Waals surface area contributed by atoms with Gasteiger partial charge in [-0.2, -0.15) is 0 Å². The van der Waals surface area contributed by atoms with E-state index < -0.39 is 0 Å². The van der Waals surface area contributed by atoms with Crippen molar-refractivity contribution in [1.29, 1.82) is 0 Å². The fourth-order valence-electron chi connectivity index (χ4n) is 3.83. The van der Waals surface area contributed by atoms with Crippen molar-refractivity contribution in [2.24, 2.45) is 5.92 Å². The van der Waals surface area contributed by atoms with Gasteiger partial charge in [-0.1, -0.05) is 12.1 Å². The van der Waals surface area contributed by atoms with Crippen molar-refractivity contribution in [2.75, 3.05) is 32.8 Å². The van der Waals surface area contributed by atoms with Crippen LogP contribution < -0.4 is 4.74 Å². The van der Waals surface area contributed by atoms with Crippen LogP contribution in [0.25, 0.3) is 0 Å². The van der Waals surface area contributed by atoms with E-state index >= 15 is 0 Å². The summed E-state index contributed by atoms with van der Waals surface area (Å²) in [5, 5.41) is 0. The predicted octanol–water partition coefficient (Wildman–Crippen LogP) is 3.31. The van der Waals surface area contributed by atoms with Gasteiger partial charge in [0, 0.05) is 25.6 Å². The van der Waals surface area contributed by atoms with Gasteiger partial charge in [0.05, 0.1) is 6.61 Å². The molecule has 2 fully saturated rings. The zero-order chi connectivity index (χ0) is 16.8. The Kier molecular flexibility index (Phi) is 6.13. The van der Waals surface area contributed by atoms with Crippen LogP contribution in [0.4, 0.5) is 0 Å². The third-order valence-corrected chi connectivity index (χ3v) is 5.25. The highest BCUT2D eigenvalue weighted by atomic mass is 16.5. The molecule has 0 spiro atoms. The smallest absolute Gasteiger partial charge is 0.225 e. The monoisotopic (exact) mass is 330 g/mol. The molecule has 4 nitrogen and oxygen atoms in total. The molecule has 1 amide bonds. The van der Waals surface area contributed by atoms with E-state index in [0.717, 1.165) is 51.3 Å². The van der Waals surface area contributed by atoms with Gasteiger partial charge in [0.25, 0.3) is 0 Å². The van der Waals surface area contributed by atoms with E-state index in [2.05, 4.69) is 21.9 Å². The second kappa shape index (κ2) is 8.52. The first-order valence-electron chi connectivity index (χ1n) is 9.49. The molecule has 1 aromatic carbocycles. The highest BCUT2D eigenvalue weighted by molar-refractivity contribution is 5.79. The highest BCUT2D eigenvalue weighted by Crippen LogP contribution is 2.23. The number of nitrogens with zero attached hydrogens (tertiary/aromatic N) is 2. The SMILES string of the molecule is CCOc1ccc(CN2CCC(C(=O)N3CCCCC3)CC2)cc1. The van der Waals surface area contributed by atoms with Crippen molar-refractivity contribution in [3.63, 3.8) is 0 Å². The Hall–Kier alpha value is -1.55. The van der Waals surface area contributed by atoms with Gasteiger partial charge >= 0.3 is 0 Å². The Balaban J connectivity index is 1.45. The van der Waals surface area contributed by atoms with Crippen molar-refractivity contribution in [1.82, 2.24) is 9.80 Å². The van der Waals surface area contributed by atoms with E-state index in [4.69, 9.17) is 4.74 Å². The van der Waals surface area contributed by atoms with Crippen LogP contribution in [0.2, 0.25) is 0 Å². The predicted molar refractivity (Wildman–Crippen MR) is 96.0 cm³/mol. The van der Waals surface area contributed by atoms with Crippen molar-refractivity contribution >= 4 is 5.91 Å². The molecule has 2 heterocycles. The molecular formula is C20H30N2O2. The Bertz CT molecular complexity index is 515. The maximum atomic E-state index is 12.6. The van der Waals surface area contributed by atoms with Crippen LogP contribution >= 0.6 is 0 Å². The maximum Gasteiger partial charge on any atom is 0.225 e. The minimum Gasteiger partial charge on any atom is -0.494 e. The van der Waals surface area contributed by atoms with E-state index in [1.54, 1.807) is 0 Å². The molecule has 0 bridgehead atoms. The first-order valence-corrected chi connectivity index (χ1v) is 9.49. The molecule has 0 unspecified atom stereocenters. The first kappa shape index (κ1) is 17.3. The van der Waals surface area contributed by atoms with E-state index in [1.165, 1.54) is 24.8 Å². The van der Waals surface area contributed by atoms with Crippen LogP contribution in [-0.2, 0) is 11.3 Å². The van der Waals surface area contributed by atoms with E-state index in [1.807, 2.05) is 19.1 Å². The standard InChI is InChI=1S/C20H30N2O2/c1-2-24-19-8-6-17(7-9-19)16-21-14-10-18(11-15-21)20(23)22-12-4-3-5-13-22/h6-9,18H,2-5,10-16H2,1H3.